The van der Waals surface area contributed by atoms with Crippen LogP contribution in [0.2, 0.25) is 5.02 Å². The normalized spacial score (nSPS) is 12.2. The maximum absolute atomic E-state index is 13.7. The van der Waals surface area contributed by atoms with Crippen LogP contribution < -0.4 is 11.2 Å². The number of hydrogen-bond acceptors (Lipinski definition) is 4. The molecule has 0 fully saturated rings. The van der Waals surface area contributed by atoms with Crippen LogP contribution >= 0.6 is 11.6 Å². The third-order valence-electron chi connectivity index (χ3n) is 3.58. The van der Waals surface area contributed by atoms with E-state index in [0.29, 0.717) is 0 Å². The number of benzene rings is 1. The van der Waals surface area contributed by atoms with Gasteiger partial charge in [-0.25, -0.2) is 9.18 Å². The fourth-order valence-electron chi connectivity index (χ4n) is 2.48. The Morgan fingerprint density at radius 2 is 2.04 bits per heavy atom. The topological polar surface area (TPSA) is 90.5 Å². The molecule has 0 spiro atoms. The SMILES string of the molecule is COCC(C)n1c(=O)c(-c2cccc(F)c2Cl)cn(CC(=O)O)c1=O. The van der Waals surface area contributed by atoms with Crippen LogP contribution in [0.15, 0.2) is 34.0 Å². The summed E-state index contributed by atoms with van der Waals surface area (Å²) in [6.07, 6.45) is 1.08. The highest BCUT2D eigenvalue weighted by atomic mass is 35.5. The molecule has 1 atom stereocenters. The molecule has 0 amide bonds. The molecule has 25 heavy (non-hydrogen) atoms. The lowest BCUT2D eigenvalue weighted by molar-refractivity contribution is -0.137. The summed E-state index contributed by atoms with van der Waals surface area (Å²) in [7, 11) is 1.41. The highest BCUT2D eigenvalue weighted by Gasteiger charge is 2.20. The summed E-state index contributed by atoms with van der Waals surface area (Å²) in [4.78, 5) is 36.3. The number of halogens is 2. The van der Waals surface area contributed by atoms with Crippen molar-refractivity contribution in [3.8, 4) is 11.1 Å². The van der Waals surface area contributed by atoms with Gasteiger partial charge >= 0.3 is 11.7 Å². The zero-order chi connectivity index (χ0) is 18.7. The van der Waals surface area contributed by atoms with Gasteiger partial charge in [0, 0.05) is 18.9 Å². The van der Waals surface area contributed by atoms with Gasteiger partial charge in [-0.05, 0) is 13.0 Å². The monoisotopic (exact) mass is 370 g/mol. The Kier molecular flexibility index (Phi) is 5.76. The second-order valence-electron chi connectivity index (χ2n) is 5.43. The van der Waals surface area contributed by atoms with Gasteiger partial charge in [-0.1, -0.05) is 23.7 Å². The molecular weight excluding hydrogens is 355 g/mol. The van der Waals surface area contributed by atoms with Crippen molar-refractivity contribution >= 4 is 17.6 Å². The Bertz CT molecular complexity index is 922. The first-order valence-corrected chi connectivity index (χ1v) is 7.66. The molecule has 1 aromatic carbocycles. The largest absolute Gasteiger partial charge is 0.480 e. The second-order valence-corrected chi connectivity index (χ2v) is 5.81. The molecule has 0 aliphatic heterocycles. The van der Waals surface area contributed by atoms with Crippen LogP contribution in [0.4, 0.5) is 4.39 Å². The van der Waals surface area contributed by atoms with Crippen molar-refractivity contribution in [2.45, 2.75) is 19.5 Å². The van der Waals surface area contributed by atoms with E-state index in [1.165, 1.54) is 19.2 Å². The van der Waals surface area contributed by atoms with E-state index >= 15 is 0 Å². The molecule has 7 nitrogen and oxygen atoms in total. The summed E-state index contributed by atoms with van der Waals surface area (Å²) in [6.45, 7) is 0.982. The molecule has 2 rings (SSSR count). The highest BCUT2D eigenvalue weighted by Crippen LogP contribution is 2.27. The van der Waals surface area contributed by atoms with Crippen molar-refractivity contribution in [2.24, 2.45) is 0 Å². The van der Waals surface area contributed by atoms with Gasteiger partial charge in [-0.15, -0.1) is 0 Å². The van der Waals surface area contributed by atoms with Gasteiger partial charge in [-0.2, -0.15) is 0 Å². The molecule has 0 radical (unpaired) electrons. The molecule has 134 valence electrons. The van der Waals surface area contributed by atoms with E-state index in [9.17, 15) is 18.8 Å². The first-order valence-electron chi connectivity index (χ1n) is 7.29. The first kappa shape index (κ1) is 18.9. The molecule has 1 N–H and O–H groups in total. The van der Waals surface area contributed by atoms with E-state index in [1.807, 2.05) is 0 Å². The second kappa shape index (κ2) is 7.62. The van der Waals surface area contributed by atoms with Crippen LogP contribution in [0.1, 0.15) is 13.0 Å². The molecular formula is C16H16ClFN2O5. The number of methoxy groups -OCH3 is 1. The quantitative estimate of drug-likeness (QED) is 0.836. The van der Waals surface area contributed by atoms with Crippen LogP contribution in [-0.2, 0) is 16.1 Å². The Morgan fingerprint density at radius 3 is 2.64 bits per heavy atom. The standard InChI is InChI=1S/C16H16ClFN2O5/c1-9(8-25-2)20-15(23)11(6-19(16(20)24)7-13(21)22)10-4-3-5-12(18)14(10)17/h3-6,9H,7-8H2,1-2H3,(H,21,22). The van der Waals surface area contributed by atoms with Gasteiger partial charge in [0.1, 0.15) is 12.4 Å². The van der Waals surface area contributed by atoms with E-state index in [-0.39, 0.29) is 22.8 Å². The van der Waals surface area contributed by atoms with Gasteiger partial charge in [0.05, 0.1) is 23.2 Å². The number of carboxylic acids is 1. The van der Waals surface area contributed by atoms with Crippen molar-refractivity contribution in [2.75, 3.05) is 13.7 Å². The number of aromatic nitrogens is 2. The van der Waals surface area contributed by atoms with Crippen molar-refractivity contribution in [1.29, 1.82) is 0 Å². The summed E-state index contributed by atoms with van der Waals surface area (Å²) in [5.74, 6) is -1.99. The molecule has 2 aromatic rings. The minimum atomic E-state index is -1.26. The molecule has 0 aliphatic rings. The molecule has 0 bridgehead atoms. The van der Waals surface area contributed by atoms with Gasteiger partial charge < -0.3 is 9.84 Å². The van der Waals surface area contributed by atoms with E-state index in [0.717, 1.165) is 21.4 Å². The summed E-state index contributed by atoms with van der Waals surface area (Å²) in [6, 6.07) is 3.26. The lowest BCUT2D eigenvalue weighted by Gasteiger charge is -2.17. The predicted octanol–water partition coefficient (Wildman–Crippen LogP) is 1.76. The Morgan fingerprint density at radius 1 is 1.36 bits per heavy atom. The Hall–Kier alpha value is -2.45. The van der Waals surface area contributed by atoms with Crippen LogP contribution in [0.3, 0.4) is 0 Å². The lowest BCUT2D eigenvalue weighted by Crippen LogP contribution is -2.43. The fourth-order valence-corrected chi connectivity index (χ4v) is 2.71. The third-order valence-corrected chi connectivity index (χ3v) is 3.97. The highest BCUT2D eigenvalue weighted by molar-refractivity contribution is 6.33. The molecule has 1 unspecified atom stereocenters. The lowest BCUT2D eigenvalue weighted by atomic mass is 10.1. The summed E-state index contributed by atoms with van der Waals surface area (Å²) < 4.78 is 20.5. The number of aliphatic carboxylic acids is 1. The fraction of sp³-hybridized carbons (Fsp3) is 0.312. The summed E-state index contributed by atoms with van der Waals surface area (Å²) >= 11 is 5.94. The third kappa shape index (κ3) is 3.80. The molecule has 9 heteroatoms. The average molecular weight is 371 g/mol. The van der Waals surface area contributed by atoms with E-state index in [1.54, 1.807) is 6.92 Å². The van der Waals surface area contributed by atoms with Crippen LogP contribution in [-0.4, -0.2) is 33.9 Å². The van der Waals surface area contributed by atoms with Crippen molar-refractivity contribution < 1.29 is 19.0 Å². The number of hydrogen-bond donors (Lipinski definition) is 1. The minimum absolute atomic E-state index is 0.0581. The van der Waals surface area contributed by atoms with Crippen LogP contribution in [0.5, 0.6) is 0 Å². The van der Waals surface area contributed by atoms with Crippen molar-refractivity contribution in [1.82, 2.24) is 9.13 Å². The number of carbonyl (C=O) groups is 1. The van der Waals surface area contributed by atoms with Gasteiger partial charge in [-0.3, -0.25) is 18.7 Å². The van der Waals surface area contributed by atoms with Gasteiger partial charge in [0.15, 0.2) is 0 Å². The number of carboxylic acid groups (broad SMARTS) is 1. The summed E-state index contributed by atoms with van der Waals surface area (Å²) in [5, 5.41) is 8.71. The summed E-state index contributed by atoms with van der Waals surface area (Å²) in [5.41, 5.74) is -1.51. The zero-order valence-corrected chi connectivity index (χ0v) is 14.3. The van der Waals surface area contributed by atoms with Crippen molar-refractivity contribution in [3.63, 3.8) is 0 Å². The smallest absolute Gasteiger partial charge is 0.331 e. The molecule has 0 aliphatic carbocycles. The Balaban J connectivity index is 2.82. The maximum atomic E-state index is 13.7. The van der Waals surface area contributed by atoms with E-state index in [4.69, 9.17) is 21.4 Å². The molecule has 1 aromatic heterocycles. The van der Waals surface area contributed by atoms with Gasteiger partial charge in [0.2, 0.25) is 0 Å². The van der Waals surface area contributed by atoms with Crippen LogP contribution in [0, 0.1) is 5.82 Å². The molecule has 1 heterocycles. The van der Waals surface area contributed by atoms with Gasteiger partial charge in [0.25, 0.3) is 5.56 Å². The average Bonchev–Trinajstić information content (AvgIpc) is 2.53. The molecule has 0 saturated heterocycles. The number of rotatable bonds is 6. The van der Waals surface area contributed by atoms with Crippen molar-refractivity contribution in [3.05, 3.63) is 56.1 Å². The Labute approximate surface area is 146 Å². The first-order chi connectivity index (χ1) is 11.8. The zero-order valence-electron chi connectivity index (χ0n) is 13.5. The predicted molar refractivity (Wildman–Crippen MR) is 89.6 cm³/mol. The minimum Gasteiger partial charge on any atom is -0.480 e. The van der Waals surface area contributed by atoms with Crippen LogP contribution in [0.25, 0.3) is 11.1 Å². The number of nitrogens with zero attached hydrogens (tertiary/aromatic N) is 2. The molecule has 0 saturated carbocycles. The maximum Gasteiger partial charge on any atom is 0.331 e. The van der Waals surface area contributed by atoms with E-state index in [2.05, 4.69) is 0 Å². The van der Waals surface area contributed by atoms with E-state index < -0.39 is 35.6 Å². The number of ether oxygens (including phenoxy) is 1.